The Labute approximate surface area is 225 Å². The molecule has 3 heterocycles. The second-order valence-corrected chi connectivity index (χ2v) is 9.26. The highest BCUT2D eigenvalue weighted by atomic mass is 16.6. The third-order valence-corrected chi connectivity index (χ3v) is 6.40. The van der Waals surface area contributed by atoms with Crippen molar-refractivity contribution in [2.75, 3.05) is 5.32 Å². The predicted molar refractivity (Wildman–Crippen MR) is 144 cm³/mol. The first-order chi connectivity index (χ1) is 19.0. The van der Waals surface area contributed by atoms with E-state index in [1.54, 1.807) is 61.1 Å². The van der Waals surface area contributed by atoms with E-state index in [1.165, 1.54) is 11.1 Å². The van der Waals surface area contributed by atoms with Gasteiger partial charge in [0.1, 0.15) is 0 Å². The first-order valence-electron chi connectivity index (χ1n) is 12.5. The Morgan fingerprint density at radius 2 is 1.67 bits per heavy atom. The van der Waals surface area contributed by atoms with E-state index >= 15 is 0 Å². The minimum atomic E-state index is -0.898. The number of anilines is 1. The van der Waals surface area contributed by atoms with Crippen molar-refractivity contribution in [3.8, 4) is 0 Å². The van der Waals surface area contributed by atoms with E-state index < -0.39 is 18.2 Å². The quantitative estimate of drug-likeness (QED) is 0.355. The summed E-state index contributed by atoms with van der Waals surface area (Å²) in [5.41, 5.74) is 4.42. The van der Waals surface area contributed by atoms with Crippen LogP contribution in [0.5, 0.6) is 0 Å². The van der Waals surface area contributed by atoms with Gasteiger partial charge in [-0.2, -0.15) is 0 Å². The lowest BCUT2D eigenvalue weighted by Gasteiger charge is -2.24. The molecule has 1 fully saturated rings. The molecule has 1 aliphatic heterocycles. The maximum Gasteiger partial charge on any atom is 0.411 e. The molecule has 0 unspecified atom stereocenters. The fourth-order valence-corrected chi connectivity index (χ4v) is 4.47. The van der Waals surface area contributed by atoms with Gasteiger partial charge in [-0.3, -0.25) is 24.5 Å². The van der Waals surface area contributed by atoms with Gasteiger partial charge in [0.15, 0.2) is 12.1 Å². The number of amides is 3. The summed E-state index contributed by atoms with van der Waals surface area (Å²) in [6, 6.07) is 20.8. The number of cyclic esters (lactones) is 1. The van der Waals surface area contributed by atoms with E-state index in [2.05, 4.69) is 20.6 Å². The zero-order valence-corrected chi connectivity index (χ0v) is 21.3. The van der Waals surface area contributed by atoms with Crippen molar-refractivity contribution in [1.82, 2.24) is 20.2 Å². The van der Waals surface area contributed by atoms with Gasteiger partial charge in [-0.1, -0.05) is 48.0 Å². The highest BCUT2D eigenvalue weighted by molar-refractivity contribution is 6.04. The van der Waals surface area contributed by atoms with Gasteiger partial charge in [-0.05, 0) is 53.9 Å². The molecule has 0 aliphatic carbocycles. The molecule has 9 heteroatoms. The van der Waals surface area contributed by atoms with Crippen molar-refractivity contribution < 1.29 is 19.1 Å². The van der Waals surface area contributed by atoms with Gasteiger partial charge in [0.25, 0.3) is 5.91 Å². The first kappa shape index (κ1) is 25.6. The van der Waals surface area contributed by atoms with Crippen LogP contribution in [0.3, 0.4) is 0 Å². The summed E-state index contributed by atoms with van der Waals surface area (Å²) >= 11 is 0. The molecule has 39 heavy (non-hydrogen) atoms. The molecule has 1 aliphatic rings. The molecule has 2 atom stereocenters. The van der Waals surface area contributed by atoms with Crippen molar-refractivity contribution in [2.45, 2.75) is 32.2 Å². The lowest BCUT2D eigenvalue weighted by molar-refractivity contribution is -0.126. The van der Waals surface area contributed by atoms with Crippen LogP contribution < -0.4 is 10.6 Å². The monoisotopic (exact) mass is 521 g/mol. The molecule has 196 valence electrons. The number of carbonyl (C=O) groups excluding carboxylic acids is 3. The molecule has 0 spiro atoms. The maximum absolute atomic E-state index is 13.5. The average molecular weight is 522 g/mol. The summed E-state index contributed by atoms with van der Waals surface area (Å²) < 4.78 is 5.76. The fraction of sp³-hybridized carbons (Fsp3) is 0.167. The zero-order chi connectivity index (χ0) is 27.2. The van der Waals surface area contributed by atoms with Crippen molar-refractivity contribution in [2.24, 2.45) is 0 Å². The molecule has 2 aromatic heterocycles. The molecule has 3 amide bonds. The topological polar surface area (TPSA) is 114 Å². The lowest BCUT2D eigenvalue weighted by atomic mass is 10.00. The molecule has 0 radical (unpaired) electrons. The Morgan fingerprint density at radius 1 is 0.923 bits per heavy atom. The van der Waals surface area contributed by atoms with E-state index in [9.17, 15) is 14.4 Å². The molecule has 5 rings (SSSR count). The van der Waals surface area contributed by atoms with Gasteiger partial charge >= 0.3 is 6.09 Å². The van der Waals surface area contributed by atoms with Crippen LogP contribution in [0.1, 0.15) is 38.7 Å². The highest BCUT2D eigenvalue weighted by Gasteiger charge is 2.46. The summed E-state index contributed by atoms with van der Waals surface area (Å²) in [6.45, 7) is 2.46. The Kier molecular flexibility index (Phi) is 7.58. The SMILES string of the molecule is Cc1cccc(CN2C(=O)O[C@@H](c3ccc(NC(=O)c4cccnc4)cc3)[C@@H]2C(=O)NCc2cccnc2)c1. The lowest BCUT2D eigenvalue weighted by Crippen LogP contribution is -2.46. The smallest absolute Gasteiger partial charge is 0.411 e. The van der Waals surface area contributed by atoms with Gasteiger partial charge in [0.05, 0.1) is 12.1 Å². The van der Waals surface area contributed by atoms with E-state index in [4.69, 9.17) is 4.74 Å². The number of nitrogens with zero attached hydrogens (tertiary/aromatic N) is 3. The van der Waals surface area contributed by atoms with E-state index in [0.717, 1.165) is 16.7 Å². The van der Waals surface area contributed by atoms with Crippen LogP contribution in [0.4, 0.5) is 10.5 Å². The number of aromatic nitrogens is 2. The number of benzene rings is 2. The minimum Gasteiger partial charge on any atom is -0.438 e. The van der Waals surface area contributed by atoms with E-state index in [-0.39, 0.29) is 24.9 Å². The van der Waals surface area contributed by atoms with Crippen molar-refractivity contribution in [1.29, 1.82) is 0 Å². The standard InChI is InChI=1S/C30H27N5O4/c1-20-5-2-6-21(15-20)19-35-26(29(37)33-17-22-7-3-13-31-16-22)27(39-30(35)38)23-9-11-25(12-10-23)34-28(36)24-8-4-14-32-18-24/h2-16,18,26-27H,17,19H2,1H3,(H,33,37)(H,34,36)/t26-,27+/m1/s1. The maximum atomic E-state index is 13.5. The summed E-state index contributed by atoms with van der Waals surface area (Å²) in [5.74, 6) is -0.628. The van der Waals surface area contributed by atoms with Crippen LogP contribution in [0.2, 0.25) is 0 Å². The first-order valence-corrected chi connectivity index (χ1v) is 12.5. The molecule has 1 saturated heterocycles. The Balaban J connectivity index is 1.37. The summed E-state index contributed by atoms with van der Waals surface area (Å²) in [7, 11) is 0. The molecular weight excluding hydrogens is 494 g/mol. The second-order valence-electron chi connectivity index (χ2n) is 9.26. The van der Waals surface area contributed by atoms with Gasteiger partial charge in [-0.15, -0.1) is 0 Å². The number of hydrogen-bond donors (Lipinski definition) is 2. The van der Waals surface area contributed by atoms with Gasteiger partial charge < -0.3 is 15.4 Å². The number of carbonyl (C=O) groups is 3. The van der Waals surface area contributed by atoms with Crippen LogP contribution in [-0.2, 0) is 22.6 Å². The number of hydrogen-bond acceptors (Lipinski definition) is 6. The zero-order valence-electron chi connectivity index (χ0n) is 21.3. The van der Waals surface area contributed by atoms with Gasteiger partial charge in [0.2, 0.25) is 5.91 Å². The molecular formula is C30H27N5O4. The molecule has 0 bridgehead atoms. The van der Waals surface area contributed by atoms with E-state index in [0.29, 0.717) is 16.8 Å². The molecule has 9 nitrogen and oxygen atoms in total. The Bertz CT molecular complexity index is 1460. The normalized spacial score (nSPS) is 16.4. The van der Waals surface area contributed by atoms with Crippen molar-refractivity contribution in [3.05, 3.63) is 125 Å². The number of nitrogens with one attached hydrogen (secondary N) is 2. The molecule has 2 N–H and O–H groups in total. The van der Waals surface area contributed by atoms with Gasteiger partial charge in [0, 0.05) is 37.0 Å². The number of aryl methyl sites for hydroxylation is 1. The second kappa shape index (κ2) is 11.6. The van der Waals surface area contributed by atoms with Crippen molar-refractivity contribution >= 4 is 23.6 Å². The van der Waals surface area contributed by atoms with Gasteiger partial charge in [-0.25, -0.2) is 4.79 Å². The largest absolute Gasteiger partial charge is 0.438 e. The molecule has 4 aromatic rings. The Morgan fingerprint density at radius 3 is 2.36 bits per heavy atom. The minimum absolute atomic E-state index is 0.223. The van der Waals surface area contributed by atoms with Crippen LogP contribution in [0.15, 0.2) is 97.6 Å². The third-order valence-electron chi connectivity index (χ3n) is 6.40. The summed E-state index contributed by atoms with van der Waals surface area (Å²) in [5, 5.41) is 5.75. The highest BCUT2D eigenvalue weighted by Crippen LogP contribution is 2.34. The van der Waals surface area contributed by atoms with Crippen LogP contribution in [0, 0.1) is 6.92 Å². The van der Waals surface area contributed by atoms with E-state index in [1.807, 2.05) is 37.3 Å². The number of ether oxygens (including phenoxy) is 1. The molecule has 0 saturated carbocycles. The Hall–Kier alpha value is -5.05. The van der Waals surface area contributed by atoms with Crippen molar-refractivity contribution in [3.63, 3.8) is 0 Å². The average Bonchev–Trinajstić information content (AvgIpc) is 3.28. The summed E-state index contributed by atoms with van der Waals surface area (Å²) in [4.78, 5) is 48.6. The van der Waals surface area contributed by atoms with Crippen LogP contribution >= 0.6 is 0 Å². The third kappa shape index (κ3) is 6.10. The molecule has 2 aromatic carbocycles. The number of rotatable bonds is 8. The van der Waals surface area contributed by atoms with Crippen LogP contribution in [0.25, 0.3) is 0 Å². The predicted octanol–water partition coefficient (Wildman–Crippen LogP) is 4.42. The number of pyridine rings is 2. The fourth-order valence-electron chi connectivity index (χ4n) is 4.47. The van der Waals surface area contributed by atoms with Crippen LogP contribution in [-0.4, -0.2) is 38.8 Å². The summed E-state index contributed by atoms with van der Waals surface area (Å²) in [6.07, 6.45) is 5.02.